The number of benzene rings is 2. The Morgan fingerprint density at radius 1 is 1.08 bits per heavy atom. The molecule has 9 heteroatoms. The molecule has 0 bridgehead atoms. The van der Waals surface area contributed by atoms with E-state index in [1.165, 1.54) is 13.3 Å². The smallest absolute Gasteiger partial charge is 0.246 e. The first-order valence-electron chi connectivity index (χ1n) is 12.0. The molecule has 1 aromatic heterocycles. The normalized spacial score (nSPS) is 15.2. The van der Waals surface area contributed by atoms with Gasteiger partial charge in [-0.05, 0) is 29.9 Å². The average Bonchev–Trinajstić information content (AvgIpc) is 3.59. The quantitative estimate of drug-likeness (QED) is 0.417. The summed E-state index contributed by atoms with van der Waals surface area (Å²) < 4.78 is 0. The summed E-state index contributed by atoms with van der Waals surface area (Å²) in [5, 5.41) is 5.70. The minimum absolute atomic E-state index is 0. The average molecular weight is 520 g/mol. The van der Waals surface area contributed by atoms with Crippen LogP contribution in [0.4, 0.5) is 0 Å². The number of hydrogen-bond donors (Lipinski definition) is 3. The maximum atomic E-state index is 14.0. The van der Waals surface area contributed by atoms with Gasteiger partial charge in [0.05, 0.1) is 19.1 Å². The molecule has 1 aliphatic heterocycles. The molecule has 0 saturated carbocycles. The lowest BCUT2D eigenvalue weighted by Crippen LogP contribution is -2.55. The van der Waals surface area contributed by atoms with Crippen LogP contribution in [0.15, 0.2) is 73.2 Å². The Balaban J connectivity index is 0.00000380. The second-order valence-corrected chi connectivity index (χ2v) is 8.65. The van der Waals surface area contributed by atoms with Gasteiger partial charge in [-0.15, -0.1) is 12.4 Å². The Kier molecular flexibility index (Phi) is 9.87. The molecule has 3 amide bonds. The van der Waals surface area contributed by atoms with Crippen molar-refractivity contribution >= 4 is 30.1 Å². The zero-order chi connectivity index (χ0) is 25.3. The predicted molar refractivity (Wildman–Crippen MR) is 143 cm³/mol. The van der Waals surface area contributed by atoms with Gasteiger partial charge >= 0.3 is 0 Å². The van der Waals surface area contributed by atoms with Crippen molar-refractivity contribution in [1.29, 1.82) is 0 Å². The second-order valence-electron chi connectivity index (χ2n) is 8.65. The minimum atomic E-state index is -0.860. The van der Waals surface area contributed by atoms with Crippen LogP contribution in [0, 0.1) is 11.8 Å². The number of nitrogens with zero attached hydrogens (tertiary/aromatic N) is 2. The van der Waals surface area contributed by atoms with Gasteiger partial charge in [0, 0.05) is 19.4 Å². The molecule has 3 N–H and O–H groups in total. The van der Waals surface area contributed by atoms with Gasteiger partial charge in [-0.2, -0.15) is 0 Å². The molecule has 8 nitrogen and oxygen atoms in total. The molecule has 0 aliphatic carbocycles. The van der Waals surface area contributed by atoms with E-state index in [1.807, 2.05) is 60.7 Å². The summed E-state index contributed by atoms with van der Waals surface area (Å²) in [5.41, 5.74) is 2.48. The minimum Gasteiger partial charge on any atom is -0.344 e. The third-order valence-electron chi connectivity index (χ3n) is 6.19. The number of carbonyl (C=O) groups excluding carboxylic acids is 3. The van der Waals surface area contributed by atoms with E-state index in [0.717, 1.165) is 11.1 Å². The number of hydrogen-bond acceptors (Lipinski definition) is 4. The fourth-order valence-electron chi connectivity index (χ4n) is 4.60. The molecule has 3 aromatic rings. The Morgan fingerprint density at radius 3 is 2.30 bits per heavy atom. The predicted octanol–water partition coefficient (Wildman–Crippen LogP) is 2.63. The maximum Gasteiger partial charge on any atom is 0.246 e. The highest BCUT2D eigenvalue weighted by atomic mass is 35.5. The maximum absolute atomic E-state index is 14.0. The summed E-state index contributed by atoms with van der Waals surface area (Å²) >= 11 is 0. The van der Waals surface area contributed by atoms with Crippen molar-refractivity contribution in [2.45, 2.75) is 37.8 Å². The number of aromatic nitrogens is 2. The molecule has 2 atom stereocenters. The summed E-state index contributed by atoms with van der Waals surface area (Å²) in [4.78, 5) is 47.6. The fraction of sp³-hybridized carbons (Fsp3) is 0.286. The first kappa shape index (κ1) is 27.5. The number of carbonyl (C=O) groups is 3. The van der Waals surface area contributed by atoms with Crippen molar-refractivity contribution in [3.8, 4) is 11.8 Å². The summed E-state index contributed by atoms with van der Waals surface area (Å²) in [6.45, 7) is 2.01. The fourth-order valence-corrected chi connectivity index (χ4v) is 4.60. The van der Waals surface area contributed by atoms with Gasteiger partial charge in [-0.3, -0.25) is 14.4 Å². The Labute approximate surface area is 222 Å². The first-order chi connectivity index (χ1) is 17.5. The number of H-pyrrole nitrogens is 1. The standard InChI is InChI=1S/C28H29N5O3.ClH/c1-20(34)32-26(25(21-10-4-2-5-11-21)22-12-6-3-7-13-22)28(36)33-17-9-15-24(33)27(35)30-16-8-14-23-18-29-19-31-23;/h2-7,10-13,18-19,24-26H,9,15-17H2,1H3,(H,29,31)(H,30,35)(H,32,34);1H/t24-,26+;/m0./s1. The topological polar surface area (TPSA) is 107 Å². The first-order valence-corrected chi connectivity index (χ1v) is 12.0. The van der Waals surface area contributed by atoms with E-state index in [4.69, 9.17) is 0 Å². The molecule has 4 rings (SSSR count). The molecule has 1 aliphatic rings. The summed E-state index contributed by atoms with van der Waals surface area (Å²) in [6.07, 6.45) is 4.40. The Hall–Kier alpha value is -4.09. The van der Waals surface area contributed by atoms with E-state index < -0.39 is 18.0 Å². The third kappa shape index (κ3) is 6.99. The summed E-state index contributed by atoms with van der Waals surface area (Å²) in [7, 11) is 0. The summed E-state index contributed by atoms with van der Waals surface area (Å²) in [5.74, 6) is 4.53. The number of amides is 3. The Bertz CT molecular complexity index is 1200. The zero-order valence-electron chi connectivity index (χ0n) is 20.5. The van der Waals surface area contributed by atoms with Gasteiger partial charge in [0.25, 0.3) is 0 Å². The van der Waals surface area contributed by atoms with Crippen molar-refractivity contribution in [3.05, 3.63) is 90.0 Å². The van der Waals surface area contributed by atoms with E-state index in [1.54, 1.807) is 11.1 Å². The number of imidazole rings is 1. The molecule has 2 aromatic carbocycles. The SMILES string of the molecule is CC(=O)N[C@@H](C(=O)N1CCC[C@H]1C(=O)NCC#Cc1cnc[nH]1)C(c1ccccc1)c1ccccc1.Cl. The van der Waals surface area contributed by atoms with Crippen LogP contribution in [0.5, 0.6) is 0 Å². The largest absolute Gasteiger partial charge is 0.344 e. The van der Waals surface area contributed by atoms with Crippen LogP contribution in [-0.2, 0) is 14.4 Å². The van der Waals surface area contributed by atoms with Crippen LogP contribution in [0.1, 0.15) is 42.5 Å². The molecule has 0 radical (unpaired) electrons. The molecule has 0 spiro atoms. The van der Waals surface area contributed by atoms with Crippen molar-refractivity contribution in [3.63, 3.8) is 0 Å². The molecule has 1 saturated heterocycles. The van der Waals surface area contributed by atoms with Gasteiger partial charge in [-0.25, -0.2) is 4.98 Å². The third-order valence-corrected chi connectivity index (χ3v) is 6.19. The van der Waals surface area contributed by atoms with Crippen molar-refractivity contribution in [2.75, 3.05) is 13.1 Å². The highest BCUT2D eigenvalue weighted by Gasteiger charge is 2.41. The van der Waals surface area contributed by atoms with Gasteiger partial charge in [0.15, 0.2) is 0 Å². The molecular formula is C28H30ClN5O3. The van der Waals surface area contributed by atoms with Gasteiger partial charge in [0.1, 0.15) is 17.8 Å². The molecule has 192 valence electrons. The number of likely N-dealkylation sites (tertiary alicyclic amines) is 1. The number of aromatic amines is 1. The van der Waals surface area contributed by atoms with Crippen LogP contribution < -0.4 is 10.6 Å². The van der Waals surface area contributed by atoms with Crippen LogP contribution >= 0.6 is 12.4 Å². The number of nitrogens with one attached hydrogen (secondary N) is 3. The van der Waals surface area contributed by atoms with E-state index >= 15 is 0 Å². The van der Waals surface area contributed by atoms with Crippen LogP contribution in [0.25, 0.3) is 0 Å². The zero-order valence-corrected chi connectivity index (χ0v) is 21.3. The molecule has 2 heterocycles. The number of halogens is 1. The molecular weight excluding hydrogens is 490 g/mol. The lowest BCUT2D eigenvalue weighted by Gasteiger charge is -2.33. The van der Waals surface area contributed by atoms with Crippen LogP contribution in [0.2, 0.25) is 0 Å². The van der Waals surface area contributed by atoms with Crippen LogP contribution in [-0.4, -0.2) is 57.8 Å². The van der Waals surface area contributed by atoms with Crippen LogP contribution in [0.3, 0.4) is 0 Å². The summed E-state index contributed by atoms with van der Waals surface area (Å²) in [6, 6.07) is 17.8. The molecule has 37 heavy (non-hydrogen) atoms. The van der Waals surface area contributed by atoms with E-state index in [-0.39, 0.29) is 36.7 Å². The Morgan fingerprint density at radius 2 is 1.73 bits per heavy atom. The molecule has 0 unspecified atom stereocenters. The number of rotatable bonds is 7. The van der Waals surface area contributed by atoms with Crippen molar-refractivity contribution in [2.24, 2.45) is 0 Å². The van der Waals surface area contributed by atoms with E-state index in [9.17, 15) is 14.4 Å². The lowest BCUT2D eigenvalue weighted by molar-refractivity contribution is -0.141. The highest BCUT2D eigenvalue weighted by Crippen LogP contribution is 2.31. The van der Waals surface area contributed by atoms with E-state index in [2.05, 4.69) is 32.4 Å². The second kappa shape index (κ2) is 13.3. The van der Waals surface area contributed by atoms with E-state index in [0.29, 0.717) is 25.1 Å². The van der Waals surface area contributed by atoms with Gasteiger partial charge in [0.2, 0.25) is 17.7 Å². The van der Waals surface area contributed by atoms with Crippen molar-refractivity contribution < 1.29 is 14.4 Å². The molecule has 1 fully saturated rings. The highest BCUT2D eigenvalue weighted by molar-refractivity contribution is 5.93. The van der Waals surface area contributed by atoms with Crippen molar-refractivity contribution in [1.82, 2.24) is 25.5 Å². The van der Waals surface area contributed by atoms with Gasteiger partial charge < -0.3 is 20.5 Å². The monoisotopic (exact) mass is 519 g/mol. The van der Waals surface area contributed by atoms with Gasteiger partial charge in [-0.1, -0.05) is 66.6 Å². The lowest BCUT2D eigenvalue weighted by atomic mass is 9.84.